The van der Waals surface area contributed by atoms with E-state index >= 15 is 0 Å². The molecule has 0 aliphatic rings. The van der Waals surface area contributed by atoms with Gasteiger partial charge in [0.25, 0.3) is 5.56 Å². The molecule has 0 aliphatic carbocycles. The van der Waals surface area contributed by atoms with E-state index in [0.29, 0.717) is 5.65 Å². The Bertz CT molecular complexity index is 717. The first-order valence-corrected chi connectivity index (χ1v) is 5.38. The fraction of sp³-hybridized carbons (Fsp3) is 0. The maximum absolute atomic E-state index is 11.6. The van der Waals surface area contributed by atoms with Gasteiger partial charge in [-0.05, 0) is 17.7 Å². The minimum absolute atomic E-state index is 0.213. The van der Waals surface area contributed by atoms with Crippen LogP contribution in [0.2, 0.25) is 0 Å². The van der Waals surface area contributed by atoms with Crippen molar-refractivity contribution in [2.24, 2.45) is 0 Å². The molecule has 0 unspecified atom stereocenters. The first kappa shape index (κ1) is 9.78. The normalized spacial score (nSPS) is 10.6. The number of nitrogens with zero attached hydrogens (tertiary/aromatic N) is 2. The number of hydrogen-bond donors (Lipinski definition) is 0. The zero-order valence-electron chi connectivity index (χ0n) is 9.08. The van der Waals surface area contributed by atoms with Gasteiger partial charge in [-0.25, -0.2) is 0 Å². The summed E-state index contributed by atoms with van der Waals surface area (Å²) in [6.07, 6.45) is 1.91. The van der Waals surface area contributed by atoms with Crippen molar-refractivity contribution >= 4 is 5.65 Å². The third-order valence-corrected chi connectivity index (χ3v) is 2.65. The second kappa shape index (κ2) is 3.87. The first-order chi connectivity index (χ1) is 8.34. The third-order valence-electron chi connectivity index (χ3n) is 2.65. The highest BCUT2D eigenvalue weighted by Gasteiger charge is 2.03. The lowest BCUT2D eigenvalue weighted by atomic mass is 10.1. The monoisotopic (exact) mass is 222 g/mol. The van der Waals surface area contributed by atoms with Crippen molar-refractivity contribution in [2.45, 2.75) is 0 Å². The standard InChI is InChI=1S/C14H10N2O/c17-14-10-12(11-6-2-1-3-7-11)16-9-5-4-8-13(16)15-14/h1-10H. The third kappa shape index (κ3) is 1.72. The molecular weight excluding hydrogens is 212 g/mol. The lowest BCUT2D eigenvalue weighted by molar-refractivity contribution is 1.08. The van der Waals surface area contributed by atoms with Crippen molar-refractivity contribution in [1.29, 1.82) is 0 Å². The zero-order valence-corrected chi connectivity index (χ0v) is 9.08. The Morgan fingerprint density at radius 2 is 1.71 bits per heavy atom. The topological polar surface area (TPSA) is 34.4 Å². The van der Waals surface area contributed by atoms with E-state index in [2.05, 4.69) is 4.98 Å². The number of aromatic nitrogens is 2. The highest BCUT2D eigenvalue weighted by molar-refractivity contribution is 5.62. The van der Waals surface area contributed by atoms with Gasteiger partial charge in [0, 0.05) is 12.3 Å². The van der Waals surface area contributed by atoms with E-state index in [1.54, 1.807) is 6.07 Å². The van der Waals surface area contributed by atoms with Gasteiger partial charge in [0.15, 0.2) is 0 Å². The summed E-state index contributed by atoms with van der Waals surface area (Å²) in [5.74, 6) is 0. The number of fused-ring (bicyclic) bond motifs is 1. The van der Waals surface area contributed by atoms with Gasteiger partial charge in [-0.3, -0.25) is 4.79 Å². The lowest BCUT2D eigenvalue weighted by Gasteiger charge is -2.07. The molecule has 17 heavy (non-hydrogen) atoms. The van der Waals surface area contributed by atoms with E-state index in [-0.39, 0.29) is 5.56 Å². The first-order valence-electron chi connectivity index (χ1n) is 5.38. The van der Waals surface area contributed by atoms with Gasteiger partial charge in [0.05, 0.1) is 5.69 Å². The van der Waals surface area contributed by atoms with Crippen molar-refractivity contribution in [1.82, 2.24) is 9.38 Å². The molecule has 3 heteroatoms. The van der Waals surface area contributed by atoms with Crippen LogP contribution in [0.4, 0.5) is 0 Å². The zero-order chi connectivity index (χ0) is 11.7. The van der Waals surface area contributed by atoms with Gasteiger partial charge in [0.1, 0.15) is 5.65 Å². The minimum atomic E-state index is -0.213. The van der Waals surface area contributed by atoms with E-state index in [4.69, 9.17) is 0 Å². The predicted octanol–water partition coefficient (Wildman–Crippen LogP) is 2.36. The van der Waals surface area contributed by atoms with Crippen LogP contribution in [0.1, 0.15) is 0 Å². The summed E-state index contributed by atoms with van der Waals surface area (Å²) in [6, 6.07) is 17.0. The summed E-state index contributed by atoms with van der Waals surface area (Å²) in [4.78, 5) is 15.5. The van der Waals surface area contributed by atoms with Crippen molar-refractivity contribution in [3.63, 3.8) is 0 Å². The molecule has 1 aromatic carbocycles. The van der Waals surface area contributed by atoms with Crippen molar-refractivity contribution in [3.8, 4) is 11.3 Å². The summed E-state index contributed by atoms with van der Waals surface area (Å²) in [5, 5.41) is 0. The molecule has 0 spiro atoms. The SMILES string of the molecule is O=c1cc(-c2ccccc2)n2ccccc2n1. The van der Waals surface area contributed by atoms with Crippen LogP contribution in [0.3, 0.4) is 0 Å². The fourth-order valence-electron chi connectivity index (χ4n) is 1.89. The van der Waals surface area contributed by atoms with Gasteiger partial charge in [-0.2, -0.15) is 4.98 Å². The Kier molecular flexibility index (Phi) is 2.22. The number of hydrogen-bond acceptors (Lipinski definition) is 2. The quantitative estimate of drug-likeness (QED) is 0.633. The lowest BCUT2D eigenvalue weighted by Crippen LogP contribution is -2.09. The van der Waals surface area contributed by atoms with Crippen LogP contribution in [0, 0.1) is 0 Å². The van der Waals surface area contributed by atoms with E-state index in [0.717, 1.165) is 11.3 Å². The molecule has 2 heterocycles. The summed E-state index contributed by atoms with van der Waals surface area (Å²) in [5.41, 5.74) is 2.32. The van der Waals surface area contributed by atoms with Crippen molar-refractivity contribution < 1.29 is 0 Å². The second-order valence-electron chi connectivity index (χ2n) is 3.77. The van der Waals surface area contributed by atoms with Gasteiger partial charge in [-0.1, -0.05) is 36.4 Å². The van der Waals surface area contributed by atoms with E-state index < -0.39 is 0 Å². The number of rotatable bonds is 1. The summed E-state index contributed by atoms with van der Waals surface area (Å²) in [7, 11) is 0. The Morgan fingerprint density at radius 1 is 0.941 bits per heavy atom. The molecule has 0 saturated heterocycles. The average Bonchev–Trinajstić information content (AvgIpc) is 2.39. The molecule has 0 atom stereocenters. The fourth-order valence-corrected chi connectivity index (χ4v) is 1.89. The molecule has 0 saturated carbocycles. The largest absolute Gasteiger partial charge is 0.301 e. The van der Waals surface area contributed by atoms with Crippen LogP contribution in [0.5, 0.6) is 0 Å². The maximum atomic E-state index is 11.6. The van der Waals surface area contributed by atoms with Gasteiger partial charge < -0.3 is 4.40 Å². The molecular formula is C14H10N2O. The van der Waals surface area contributed by atoms with Crippen LogP contribution in [0.15, 0.2) is 65.6 Å². The molecule has 0 amide bonds. The summed E-state index contributed by atoms with van der Waals surface area (Å²) < 4.78 is 1.91. The molecule has 0 N–H and O–H groups in total. The van der Waals surface area contributed by atoms with Crippen LogP contribution < -0.4 is 5.56 Å². The molecule has 3 nitrogen and oxygen atoms in total. The number of benzene rings is 1. The second-order valence-corrected chi connectivity index (χ2v) is 3.77. The Morgan fingerprint density at radius 3 is 2.53 bits per heavy atom. The van der Waals surface area contributed by atoms with Crippen molar-refractivity contribution in [2.75, 3.05) is 0 Å². The molecule has 82 valence electrons. The molecule has 0 radical (unpaired) electrons. The molecule has 0 bridgehead atoms. The highest BCUT2D eigenvalue weighted by atomic mass is 16.1. The molecule has 0 aliphatic heterocycles. The summed E-state index contributed by atoms with van der Waals surface area (Å²) >= 11 is 0. The van der Waals surface area contributed by atoms with Gasteiger partial charge in [-0.15, -0.1) is 0 Å². The van der Waals surface area contributed by atoms with Crippen LogP contribution >= 0.6 is 0 Å². The van der Waals surface area contributed by atoms with Gasteiger partial charge >= 0.3 is 0 Å². The average molecular weight is 222 g/mol. The molecule has 2 aromatic heterocycles. The number of pyridine rings is 1. The minimum Gasteiger partial charge on any atom is -0.301 e. The van der Waals surface area contributed by atoms with Crippen LogP contribution in [-0.4, -0.2) is 9.38 Å². The van der Waals surface area contributed by atoms with Crippen LogP contribution in [-0.2, 0) is 0 Å². The highest BCUT2D eigenvalue weighted by Crippen LogP contribution is 2.17. The van der Waals surface area contributed by atoms with Gasteiger partial charge in [0.2, 0.25) is 0 Å². The van der Waals surface area contributed by atoms with E-state index in [9.17, 15) is 4.79 Å². The molecule has 3 rings (SSSR count). The van der Waals surface area contributed by atoms with E-state index in [1.807, 2.05) is 59.1 Å². The smallest absolute Gasteiger partial charge is 0.273 e. The van der Waals surface area contributed by atoms with E-state index in [1.165, 1.54) is 0 Å². The van der Waals surface area contributed by atoms with Crippen molar-refractivity contribution in [3.05, 3.63) is 71.1 Å². The van der Waals surface area contributed by atoms with Crippen LogP contribution in [0.25, 0.3) is 16.9 Å². The maximum Gasteiger partial charge on any atom is 0.273 e. The predicted molar refractivity (Wildman–Crippen MR) is 66.9 cm³/mol. The molecule has 0 fully saturated rings. The summed E-state index contributed by atoms with van der Waals surface area (Å²) in [6.45, 7) is 0. The molecule has 3 aromatic rings. The Labute approximate surface area is 98.0 Å². The Balaban J connectivity index is 2.40. The Hall–Kier alpha value is -2.42.